The van der Waals surface area contributed by atoms with Crippen molar-refractivity contribution in [3.8, 4) is 0 Å². The summed E-state index contributed by atoms with van der Waals surface area (Å²) in [5.41, 5.74) is 8.02. The van der Waals surface area contributed by atoms with Crippen LogP contribution in [0.2, 0.25) is 0 Å². The van der Waals surface area contributed by atoms with Gasteiger partial charge in [0.05, 0.1) is 6.04 Å². The Morgan fingerprint density at radius 3 is 2.35 bits per heavy atom. The number of para-hydroxylation sites is 1. The summed E-state index contributed by atoms with van der Waals surface area (Å²) in [6, 6.07) is 3.72. The number of nitrogens with one attached hydrogen (secondary N) is 4. The van der Waals surface area contributed by atoms with E-state index in [1.54, 1.807) is 6.92 Å². The molecule has 1 aromatic carbocycles. The first-order valence-electron chi connectivity index (χ1n) is 12.2. The fraction of sp³-hybridized carbons (Fsp3) is 0.520. The van der Waals surface area contributed by atoms with Gasteiger partial charge in [0.1, 0.15) is 18.1 Å². The topological polar surface area (TPSA) is 166 Å². The predicted octanol–water partition coefficient (Wildman–Crippen LogP) is 1.31. The van der Waals surface area contributed by atoms with Crippen molar-refractivity contribution in [1.29, 1.82) is 0 Å². The maximum atomic E-state index is 13.1. The first-order valence-corrected chi connectivity index (χ1v) is 14.2. The molecule has 0 radical (unpaired) electrons. The molecule has 0 bridgehead atoms. The van der Waals surface area contributed by atoms with Gasteiger partial charge in [-0.25, -0.2) is 4.79 Å². The number of hydrogen-bond acceptors (Lipinski definition) is 7. The minimum absolute atomic E-state index is 0.0479. The third kappa shape index (κ3) is 8.68. The molecule has 0 fully saturated rings. The number of carboxylic acids is 1. The van der Waals surface area contributed by atoms with E-state index < -0.39 is 47.9 Å². The van der Waals surface area contributed by atoms with E-state index in [-0.39, 0.29) is 18.1 Å². The Kier molecular flexibility index (Phi) is 12.3. The van der Waals surface area contributed by atoms with Gasteiger partial charge in [-0.1, -0.05) is 38.5 Å². The van der Waals surface area contributed by atoms with Gasteiger partial charge in [0.25, 0.3) is 0 Å². The van der Waals surface area contributed by atoms with Gasteiger partial charge in [0, 0.05) is 22.9 Å². The first-order chi connectivity index (χ1) is 17.6. The molecule has 2 aromatic rings. The van der Waals surface area contributed by atoms with Crippen molar-refractivity contribution >= 4 is 59.0 Å². The van der Waals surface area contributed by atoms with E-state index in [2.05, 4.69) is 33.6 Å². The zero-order valence-corrected chi connectivity index (χ0v) is 23.0. The van der Waals surface area contributed by atoms with Crippen molar-refractivity contribution in [2.45, 2.75) is 57.3 Å². The highest BCUT2D eigenvalue weighted by molar-refractivity contribution is 7.98. The summed E-state index contributed by atoms with van der Waals surface area (Å²) in [6.45, 7) is 3.55. The van der Waals surface area contributed by atoms with Crippen LogP contribution >= 0.6 is 24.4 Å². The molecule has 0 aliphatic heterocycles. The average molecular weight is 552 g/mol. The van der Waals surface area contributed by atoms with Crippen molar-refractivity contribution in [2.24, 2.45) is 11.7 Å². The number of amides is 3. The number of fused-ring (bicyclic) bond motifs is 1. The predicted molar refractivity (Wildman–Crippen MR) is 150 cm³/mol. The highest BCUT2D eigenvalue weighted by Crippen LogP contribution is 2.19. The third-order valence-electron chi connectivity index (χ3n) is 6.29. The first kappa shape index (κ1) is 30.5. The van der Waals surface area contributed by atoms with Crippen molar-refractivity contribution < 1.29 is 24.3 Å². The molecular formula is C25H37N5O5S2. The molecule has 10 nitrogen and oxygen atoms in total. The average Bonchev–Trinajstić information content (AvgIpc) is 3.29. The minimum Gasteiger partial charge on any atom is -0.480 e. The molecule has 12 heteroatoms. The number of nitrogens with two attached hydrogens (primary N) is 1. The summed E-state index contributed by atoms with van der Waals surface area (Å²) in [6.07, 6.45) is 4.85. The smallest absolute Gasteiger partial charge is 0.326 e. The fourth-order valence-corrected chi connectivity index (χ4v) is 4.55. The molecule has 5 atom stereocenters. The Hall–Kier alpha value is -2.70. The van der Waals surface area contributed by atoms with Crippen LogP contribution in [-0.2, 0) is 25.6 Å². The van der Waals surface area contributed by atoms with Crippen LogP contribution in [0.4, 0.5) is 0 Å². The Bertz CT molecular complexity index is 1080. The van der Waals surface area contributed by atoms with Crippen molar-refractivity contribution in [1.82, 2.24) is 20.9 Å². The zero-order chi connectivity index (χ0) is 27.5. The Morgan fingerprint density at radius 1 is 1.08 bits per heavy atom. The minimum atomic E-state index is -1.15. The number of aliphatic carboxylic acids is 1. The Morgan fingerprint density at radius 2 is 1.73 bits per heavy atom. The summed E-state index contributed by atoms with van der Waals surface area (Å²) < 4.78 is 0. The molecule has 0 saturated carbocycles. The van der Waals surface area contributed by atoms with Gasteiger partial charge in [0.15, 0.2) is 0 Å². The maximum Gasteiger partial charge on any atom is 0.326 e. The van der Waals surface area contributed by atoms with E-state index in [9.17, 15) is 24.3 Å². The molecular weight excluding hydrogens is 514 g/mol. The van der Waals surface area contributed by atoms with Crippen molar-refractivity contribution in [3.05, 3.63) is 36.0 Å². The lowest BCUT2D eigenvalue weighted by molar-refractivity contribution is -0.143. The number of benzene rings is 1. The van der Waals surface area contributed by atoms with Gasteiger partial charge in [-0.2, -0.15) is 24.4 Å². The fourth-order valence-electron chi connectivity index (χ4n) is 3.82. The lowest BCUT2D eigenvalue weighted by Crippen LogP contribution is -2.58. The molecule has 1 heterocycles. The largest absolute Gasteiger partial charge is 0.480 e. The van der Waals surface area contributed by atoms with Gasteiger partial charge < -0.3 is 31.8 Å². The monoisotopic (exact) mass is 551 g/mol. The summed E-state index contributed by atoms with van der Waals surface area (Å²) >= 11 is 5.67. The second-order valence-corrected chi connectivity index (χ2v) is 10.3. The van der Waals surface area contributed by atoms with Gasteiger partial charge in [-0.05, 0) is 42.4 Å². The van der Waals surface area contributed by atoms with E-state index in [1.807, 2.05) is 43.6 Å². The molecule has 0 aliphatic carbocycles. The second kappa shape index (κ2) is 14.9. The van der Waals surface area contributed by atoms with Gasteiger partial charge in [-0.3, -0.25) is 14.4 Å². The van der Waals surface area contributed by atoms with Crippen LogP contribution in [0.3, 0.4) is 0 Å². The second-order valence-electron chi connectivity index (χ2n) is 8.97. The number of carbonyl (C=O) groups is 4. The molecule has 3 amide bonds. The Labute approximate surface area is 226 Å². The number of aromatic nitrogens is 1. The molecule has 0 aliphatic rings. The molecule has 0 saturated heterocycles. The lowest BCUT2D eigenvalue weighted by atomic mass is 9.99. The number of rotatable bonds is 15. The number of hydrogen-bond donors (Lipinski definition) is 7. The van der Waals surface area contributed by atoms with E-state index in [4.69, 9.17) is 5.73 Å². The quantitative estimate of drug-likeness (QED) is 0.164. The standard InChI is InChI=1S/C25H37N5O5S2/c1-4-14(2)21(25(34)35)30-24(33)20(13-36)29-23(32)19(9-10-37-3)28-22(31)17(26)11-15-12-27-18-8-6-5-7-16(15)18/h5-8,12,14,17,19-21,27,36H,4,9-11,13,26H2,1-3H3,(H,28,31)(H,29,32)(H,30,33)(H,34,35). The summed E-state index contributed by atoms with van der Waals surface area (Å²) in [4.78, 5) is 53.5. The van der Waals surface area contributed by atoms with Crippen LogP contribution in [0, 0.1) is 5.92 Å². The summed E-state index contributed by atoms with van der Waals surface area (Å²) in [5, 5.41) is 18.2. The molecule has 5 unspecified atom stereocenters. The highest BCUT2D eigenvalue weighted by Gasteiger charge is 2.31. The van der Waals surface area contributed by atoms with E-state index >= 15 is 0 Å². The number of H-pyrrole nitrogens is 1. The SMILES string of the molecule is CCC(C)C(NC(=O)C(CS)NC(=O)C(CCSC)NC(=O)C(N)Cc1c[nH]c2ccccc12)C(=O)O. The van der Waals surface area contributed by atoms with Crippen LogP contribution in [0.5, 0.6) is 0 Å². The van der Waals surface area contributed by atoms with E-state index in [0.717, 1.165) is 16.5 Å². The summed E-state index contributed by atoms with van der Waals surface area (Å²) in [5.74, 6) is -2.61. The molecule has 1 aromatic heterocycles. The highest BCUT2D eigenvalue weighted by atomic mass is 32.2. The van der Waals surface area contributed by atoms with Gasteiger partial charge >= 0.3 is 5.97 Å². The van der Waals surface area contributed by atoms with Crippen LogP contribution in [-0.4, -0.2) is 75.7 Å². The lowest BCUT2D eigenvalue weighted by Gasteiger charge is -2.26. The van der Waals surface area contributed by atoms with Gasteiger partial charge in [-0.15, -0.1) is 0 Å². The molecule has 7 N–H and O–H groups in total. The maximum absolute atomic E-state index is 13.1. The van der Waals surface area contributed by atoms with Crippen LogP contribution < -0.4 is 21.7 Å². The van der Waals surface area contributed by atoms with E-state index in [1.165, 1.54) is 11.8 Å². The van der Waals surface area contributed by atoms with E-state index in [0.29, 0.717) is 18.6 Å². The number of carboxylic acid groups (broad SMARTS) is 1. The molecule has 37 heavy (non-hydrogen) atoms. The number of thioether (sulfide) groups is 1. The third-order valence-corrected chi connectivity index (χ3v) is 7.30. The molecule has 2 rings (SSSR count). The number of thiol groups is 1. The normalized spacial score (nSPS) is 15.3. The van der Waals surface area contributed by atoms with Crippen molar-refractivity contribution in [3.63, 3.8) is 0 Å². The Balaban J connectivity index is 2.06. The number of aromatic amines is 1. The molecule has 0 spiro atoms. The number of carbonyl (C=O) groups excluding carboxylic acids is 3. The summed E-state index contributed by atoms with van der Waals surface area (Å²) in [7, 11) is 0. The van der Waals surface area contributed by atoms with Crippen LogP contribution in [0.1, 0.15) is 32.3 Å². The molecule has 204 valence electrons. The zero-order valence-electron chi connectivity index (χ0n) is 21.3. The van der Waals surface area contributed by atoms with Crippen LogP contribution in [0.25, 0.3) is 10.9 Å². The van der Waals surface area contributed by atoms with Crippen molar-refractivity contribution in [2.75, 3.05) is 17.8 Å². The van der Waals surface area contributed by atoms with Crippen LogP contribution in [0.15, 0.2) is 30.5 Å². The van der Waals surface area contributed by atoms with Gasteiger partial charge in [0.2, 0.25) is 17.7 Å².